The fourth-order valence-corrected chi connectivity index (χ4v) is 3.53. The number of methoxy groups -OCH3 is 1. The van der Waals surface area contributed by atoms with Gasteiger partial charge < -0.3 is 25.0 Å². The zero-order valence-electron chi connectivity index (χ0n) is 17.5. The van der Waals surface area contributed by atoms with Gasteiger partial charge in [-0.15, -0.1) is 0 Å². The molecule has 0 spiro atoms. The second-order valence-electron chi connectivity index (χ2n) is 7.27. The van der Waals surface area contributed by atoms with Crippen molar-refractivity contribution in [3.63, 3.8) is 0 Å². The average Bonchev–Trinajstić information content (AvgIpc) is 3.14. The number of para-hydroxylation sites is 2. The molecule has 6 nitrogen and oxygen atoms in total. The monoisotopic (exact) mass is 376 g/mol. The zero-order chi connectivity index (χ0) is 19.6. The van der Waals surface area contributed by atoms with Crippen LogP contribution in [0.2, 0.25) is 0 Å². The van der Waals surface area contributed by atoms with Gasteiger partial charge in [0.2, 0.25) is 0 Å². The van der Waals surface area contributed by atoms with Crippen molar-refractivity contribution in [1.29, 1.82) is 0 Å². The third-order valence-corrected chi connectivity index (χ3v) is 5.02. The van der Waals surface area contributed by atoms with E-state index in [0.29, 0.717) is 12.0 Å². The molecule has 152 valence electrons. The number of nitrogens with zero attached hydrogens (tertiary/aromatic N) is 2. The van der Waals surface area contributed by atoms with Crippen LogP contribution < -0.4 is 20.3 Å². The minimum absolute atomic E-state index is 0.285. The van der Waals surface area contributed by atoms with E-state index in [1.165, 1.54) is 0 Å². The summed E-state index contributed by atoms with van der Waals surface area (Å²) in [5.74, 6) is 2.31. The van der Waals surface area contributed by atoms with E-state index in [-0.39, 0.29) is 6.10 Å². The van der Waals surface area contributed by atoms with Crippen molar-refractivity contribution in [2.24, 2.45) is 10.9 Å². The van der Waals surface area contributed by atoms with E-state index in [9.17, 15) is 0 Å². The molecule has 1 aliphatic rings. The van der Waals surface area contributed by atoms with Crippen LogP contribution in [0, 0.1) is 5.92 Å². The van der Waals surface area contributed by atoms with Gasteiger partial charge >= 0.3 is 0 Å². The van der Waals surface area contributed by atoms with Gasteiger partial charge in [-0.1, -0.05) is 26.0 Å². The molecule has 2 rings (SSSR count). The highest BCUT2D eigenvalue weighted by Gasteiger charge is 2.25. The fourth-order valence-electron chi connectivity index (χ4n) is 3.53. The molecule has 1 aromatic rings. The quantitative estimate of drug-likeness (QED) is 0.513. The van der Waals surface area contributed by atoms with Gasteiger partial charge in [-0.25, -0.2) is 0 Å². The maximum absolute atomic E-state index is 5.82. The van der Waals surface area contributed by atoms with Gasteiger partial charge in [0, 0.05) is 39.3 Å². The number of aliphatic imine (C=N–C) groups is 1. The second-order valence-corrected chi connectivity index (χ2v) is 7.27. The Morgan fingerprint density at radius 2 is 2.11 bits per heavy atom. The minimum atomic E-state index is 0.285. The van der Waals surface area contributed by atoms with Crippen LogP contribution in [0.4, 0.5) is 5.69 Å². The van der Waals surface area contributed by atoms with Crippen LogP contribution in [-0.2, 0) is 4.74 Å². The van der Waals surface area contributed by atoms with Gasteiger partial charge in [-0.3, -0.25) is 4.99 Å². The van der Waals surface area contributed by atoms with Gasteiger partial charge in [0.1, 0.15) is 5.75 Å². The maximum Gasteiger partial charge on any atom is 0.191 e. The summed E-state index contributed by atoms with van der Waals surface area (Å²) in [5.41, 5.74) is 1.16. The maximum atomic E-state index is 5.82. The zero-order valence-corrected chi connectivity index (χ0v) is 17.5. The summed E-state index contributed by atoms with van der Waals surface area (Å²) in [7, 11) is 3.55. The molecule has 1 aromatic carbocycles. The van der Waals surface area contributed by atoms with Crippen molar-refractivity contribution in [2.75, 3.05) is 45.3 Å². The lowest BCUT2D eigenvalue weighted by Crippen LogP contribution is -2.45. The Hall–Kier alpha value is -1.95. The number of hydrogen-bond acceptors (Lipinski definition) is 4. The molecule has 2 N–H and O–H groups in total. The molecule has 2 atom stereocenters. The van der Waals surface area contributed by atoms with Gasteiger partial charge in [-0.2, -0.15) is 0 Å². The van der Waals surface area contributed by atoms with E-state index in [0.717, 1.165) is 56.5 Å². The molecule has 6 heteroatoms. The highest BCUT2D eigenvalue weighted by molar-refractivity contribution is 5.80. The number of nitrogens with one attached hydrogen (secondary N) is 2. The van der Waals surface area contributed by atoms with E-state index in [1.54, 1.807) is 7.11 Å². The highest BCUT2D eigenvalue weighted by atomic mass is 16.5. The van der Waals surface area contributed by atoms with Crippen LogP contribution in [0.25, 0.3) is 0 Å². The van der Waals surface area contributed by atoms with Crippen molar-refractivity contribution >= 4 is 11.6 Å². The van der Waals surface area contributed by atoms with Crippen LogP contribution in [-0.4, -0.2) is 58.5 Å². The SMILES string of the molecule is CCOC(CCNC(=NC)NC1CCN(c2ccccc2OC)C1)C(C)C. The Labute approximate surface area is 164 Å². The lowest BCUT2D eigenvalue weighted by Gasteiger charge is -2.23. The summed E-state index contributed by atoms with van der Waals surface area (Å²) < 4.78 is 11.3. The molecular weight excluding hydrogens is 340 g/mol. The number of ether oxygens (including phenoxy) is 2. The van der Waals surface area contributed by atoms with Crippen LogP contribution >= 0.6 is 0 Å². The summed E-state index contributed by atoms with van der Waals surface area (Å²) >= 11 is 0. The normalized spacial score (nSPS) is 18.7. The van der Waals surface area contributed by atoms with Crippen LogP contribution in [0.5, 0.6) is 5.75 Å². The minimum Gasteiger partial charge on any atom is -0.495 e. The first-order valence-electron chi connectivity index (χ1n) is 10.1. The molecule has 1 heterocycles. The molecule has 0 saturated carbocycles. The third-order valence-electron chi connectivity index (χ3n) is 5.02. The van der Waals surface area contributed by atoms with Gasteiger partial charge in [0.15, 0.2) is 5.96 Å². The first-order chi connectivity index (χ1) is 13.1. The van der Waals surface area contributed by atoms with Gasteiger partial charge in [-0.05, 0) is 37.8 Å². The van der Waals surface area contributed by atoms with Crippen molar-refractivity contribution in [3.05, 3.63) is 24.3 Å². The van der Waals surface area contributed by atoms with Crippen molar-refractivity contribution in [1.82, 2.24) is 10.6 Å². The Bertz CT molecular complexity index is 591. The summed E-state index contributed by atoms with van der Waals surface area (Å²) in [5, 5.41) is 6.99. The second kappa shape index (κ2) is 11.0. The van der Waals surface area contributed by atoms with Gasteiger partial charge in [0.05, 0.1) is 18.9 Å². The summed E-state index contributed by atoms with van der Waals surface area (Å²) in [6.07, 6.45) is 2.34. The lowest BCUT2D eigenvalue weighted by molar-refractivity contribution is 0.0258. The Morgan fingerprint density at radius 1 is 1.33 bits per heavy atom. The topological polar surface area (TPSA) is 58.1 Å². The van der Waals surface area contributed by atoms with Crippen LogP contribution in [0.3, 0.4) is 0 Å². The van der Waals surface area contributed by atoms with Crippen LogP contribution in [0.1, 0.15) is 33.6 Å². The summed E-state index contributed by atoms with van der Waals surface area (Å²) in [6, 6.07) is 8.57. The molecule has 0 amide bonds. The van der Waals surface area contributed by atoms with E-state index in [1.807, 2.05) is 19.2 Å². The van der Waals surface area contributed by atoms with Crippen molar-refractivity contribution in [3.8, 4) is 5.75 Å². The summed E-state index contributed by atoms with van der Waals surface area (Å²) in [4.78, 5) is 6.75. The number of anilines is 1. The number of hydrogen-bond donors (Lipinski definition) is 2. The molecule has 1 saturated heterocycles. The first kappa shape index (κ1) is 21.4. The molecule has 0 aliphatic carbocycles. The smallest absolute Gasteiger partial charge is 0.191 e. The Kier molecular flexibility index (Phi) is 8.72. The van der Waals surface area contributed by atoms with E-state index < -0.39 is 0 Å². The van der Waals surface area contributed by atoms with Crippen molar-refractivity contribution < 1.29 is 9.47 Å². The van der Waals surface area contributed by atoms with E-state index in [4.69, 9.17) is 9.47 Å². The number of guanidine groups is 1. The molecule has 27 heavy (non-hydrogen) atoms. The lowest BCUT2D eigenvalue weighted by atomic mass is 10.0. The highest BCUT2D eigenvalue weighted by Crippen LogP contribution is 2.30. The third kappa shape index (κ3) is 6.31. The van der Waals surface area contributed by atoms with Gasteiger partial charge in [0.25, 0.3) is 0 Å². The van der Waals surface area contributed by atoms with E-state index in [2.05, 4.69) is 53.4 Å². The molecular formula is C21H36N4O2. The number of benzene rings is 1. The predicted molar refractivity (Wildman–Crippen MR) is 113 cm³/mol. The molecule has 0 radical (unpaired) electrons. The Morgan fingerprint density at radius 3 is 2.78 bits per heavy atom. The largest absolute Gasteiger partial charge is 0.495 e. The standard InChI is InChI=1S/C21H36N4O2/c1-6-27-19(16(2)3)11-13-23-21(22-4)24-17-12-14-25(15-17)18-9-7-8-10-20(18)26-5/h7-10,16-17,19H,6,11-15H2,1-5H3,(H2,22,23,24). The average molecular weight is 377 g/mol. The molecule has 0 aromatic heterocycles. The Balaban J connectivity index is 1.82. The first-order valence-corrected chi connectivity index (χ1v) is 10.1. The summed E-state index contributed by atoms with van der Waals surface area (Å²) in [6.45, 7) is 10.0. The predicted octanol–water partition coefficient (Wildman–Crippen LogP) is 2.89. The molecule has 2 unspecified atom stereocenters. The number of rotatable bonds is 9. The molecule has 1 aliphatic heterocycles. The molecule has 1 fully saturated rings. The fraction of sp³-hybridized carbons (Fsp3) is 0.667. The van der Waals surface area contributed by atoms with Crippen LogP contribution in [0.15, 0.2) is 29.3 Å². The van der Waals surface area contributed by atoms with Crippen molar-refractivity contribution in [2.45, 2.75) is 45.8 Å². The molecule has 0 bridgehead atoms. The van der Waals surface area contributed by atoms with E-state index >= 15 is 0 Å².